The van der Waals surface area contributed by atoms with Crippen LogP contribution in [-0.4, -0.2) is 31.3 Å². The van der Waals surface area contributed by atoms with Gasteiger partial charge < -0.3 is 20.7 Å². The van der Waals surface area contributed by atoms with Crippen molar-refractivity contribution in [2.24, 2.45) is 0 Å². The van der Waals surface area contributed by atoms with Crippen molar-refractivity contribution in [3.05, 3.63) is 53.1 Å². The van der Waals surface area contributed by atoms with Gasteiger partial charge >= 0.3 is 6.36 Å². The van der Waals surface area contributed by atoms with E-state index in [1.807, 2.05) is 6.92 Å². The Labute approximate surface area is 170 Å². The highest BCUT2D eigenvalue weighted by molar-refractivity contribution is 6.31. The Bertz CT molecular complexity index is 858. The van der Waals surface area contributed by atoms with E-state index < -0.39 is 18.0 Å². The molecule has 156 valence electrons. The molecule has 0 radical (unpaired) electrons. The first kappa shape index (κ1) is 22.4. The molecule has 10 heteroatoms. The van der Waals surface area contributed by atoms with E-state index in [-0.39, 0.29) is 12.5 Å². The van der Waals surface area contributed by atoms with Gasteiger partial charge in [-0.05, 0) is 48.9 Å². The molecule has 0 aliphatic heterocycles. The number of hydrogen-bond acceptors (Lipinski definition) is 4. The summed E-state index contributed by atoms with van der Waals surface area (Å²) in [6, 6.07) is 9.38. The zero-order valence-corrected chi connectivity index (χ0v) is 16.2. The van der Waals surface area contributed by atoms with Crippen molar-refractivity contribution >= 4 is 34.8 Å². The van der Waals surface area contributed by atoms with Crippen LogP contribution in [0.15, 0.2) is 42.5 Å². The van der Waals surface area contributed by atoms with Crippen molar-refractivity contribution < 1.29 is 27.5 Å². The van der Waals surface area contributed by atoms with E-state index in [2.05, 4.69) is 20.7 Å². The first-order valence-corrected chi connectivity index (χ1v) is 9.03. The molecule has 0 aliphatic carbocycles. The summed E-state index contributed by atoms with van der Waals surface area (Å²) >= 11 is 5.97. The normalized spacial score (nSPS) is 10.9. The number of amides is 2. The Morgan fingerprint density at radius 2 is 1.79 bits per heavy atom. The minimum atomic E-state index is -4.78. The number of ether oxygens (including phenoxy) is 1. The van der Waals surface area contributed by atoms with Gasteiger partial charge in [0.2, 0.25) is 5.91 Å². The molecule has 0 aliphatic rings. The van der Waals surface area contributed by atoms with Gasteiger partial charge in [0, 0.05) is 22.9 Å². The maximum absolute atomic E-state index is 12.2. The van der Waals surface area contributed by atoms with Crippen molar-refractivity contribution in [1.29, 1.82) is 0 Å². The molecule has 0 bridgehead atoms. The summed E-state index contributed by atoms with van der Waals surface area (Å²) in [6.07, 6.45) is -4.01. The quantitative estimate of drug-likeness (QED) is 0.580. The Kier molecular flexibility index (Phi) is 7.72. The summed E-state index contributed by atoms with van der Waals surface area (Å²) in [5, 5.41) is 8.50. The fourth-order valence-corrected chi connectivity index (χ4v) is 2.49. The summed E-state index contributed by atoms with van der Waals surface area (Å²) in [5.74, 6) is -1.16. The molecule has 0 atom stereocenters. The number of nitrogens with one attached hydrogen (secondary N) is 3. The maximum Gasteiger partial charge on any atom is 0.573 e. The Morgan fingerprint density at radius 1 is 1.10 bits per heavy atom. The van der Waals surface area contributed by atoms with E-state index in [0.717, 1.165) is 18.6 Å². The Hall–Kier alpha value is -2.94. The van der Waals surface area contributed by atoms with Gasteiger partial charge in [0.05, 0.1) is 12.1 Å². The summed E-state index contributed by atoms with van der Waals surface area (Å²) in [6.45, 7) is 2.25. The van der Waals surface area contributed by atoms with Crippen LogP contribution >= 0.6 is 11.6 Å². The fourth-order valence-electron chi connectivity index (χ4n) is 2.32. The molecule has 29 heavy (non-hydrogen) atoms. The predicted molar refractivity (Wildman–Crippen MR) is 104 cm³/mol. The van der Waals surface area contributed by atoms with E-state index in [9.17, 15) is 22.8 Å². The number of carbonyl (C=O) groups excluding carboxylic acids is 2. The third-order valence-corrected chi connectivity index (χ3v) is 3.81. The van der Waals surface area contributed by atoms with E-state index in [4.69, 9.17) is 11.6 Å². The molecule has 3 N–H and O–H groups in total. The van der Waals surface area contributed by atoms with Gasteiger partial charge in [-0.3, -0.25) is 9.59 Å². The van der Waals surface area contributed by atoms with Crippen LogP contribution < -0.4 is 20.7 Å². The van der Waals surface area contributed by atoms with Crippen LogP contribution in [0, 0.1) is 0 Å². The van der Waals surface area contributed by atoms with Crippen molar-refractivity contribution in [1.82, 2.24) is 5.32 Å². The second-order valence-corrected chi connectivity index (χ2v) is 6.36. The number of benzene rings is 2. The van der Waals surface area contributed by atoms with E-state index in [1.165, 1.54) is 18.2 Å². The second-order valence-electron chi connectivity index (χ2n) is 5.92. The van der Waals surface area contributed by atoms with Gasteiger partial charge in [-0.25, -0.2) is 0 Å². The van der Waals surface area contributed by atoms with Gasteiger partial charge in [-0.2, -0.15) is 0 Å². The average molecular weight is 430 g/mol. The van der Waals surface area contributed by atoms with Gasteiger partial charge in [-0.1, -0.05) is 18.5 Å². The van der Waals surface area contributed by atoms with Crippen molar-refractivity contribution in [3.63, 3.8) is 0 Å². The zero-order valence-electron chi connectivity index (χ0n) is 15.4. The van der Waals surface area contributed by atoms with E-state index >= 15 is 0 Å². The molecule has 0 fully saturated rings. The van der Waals surface area contributed by atoms with Gasteiger partial charge in [-0.15, -0.1) is 13.2 Å². The minimum absolute atomic E-state index is 0.185. The first-order valence-electron chi connectivity index (χ1n) is 8.65. The molecular weight excluding hydrogens is 411 g/mol. The Balaban J connectivity index is 1.97. The lowest BCUT2D eigenvalue weighted by Gasteiger charge is -2.13. The number of rotatable bonds is 8. The van der Waals surface area contributed by atoms with Crippen molar-refractivity contribution in [2.45, 2.75) is 19.7 Å². The van der Waals surface area contributed by atoms with E-state index in [0.29, 0.717) is 28.5 Å². The van der Waals surface area contributed by atoms with Crippen LogP contribution in [-0.2, 0) is 4.79 Å². The second kappa shape index (κ2) is 10.0. The number of alkyl halides is 3. The summed E-state index contributed by atoms with van der Waals surface area (Å²) < 4.78 is 40.3. The number of hydrogen-bond donors (Lipinski definition) is 3. The smallest absolute Gasteiger partial charge is 0.406 e. The third kappa shape index (κ3) is 7.53. The fraction of sp³-hybridized carbons (Fsp3) is 0.263. The highest BCUT2D eigenvalue weighted by Gasteiger charge is 2.30. The molecule has 2 aromatic rings. The molecule has 2 aromatic carbocycles. The highest BCUT2D eigenvalue weighted by Crippen LogP contribution is 2.24. The first-order chi connectivity index (χ1) is 13.7. The van der Waals surface area contributed by atoms with Gasteiger partial charge in [0.25, 0.3) is 5.91 Å². The molecule has 6 nitrogen and oxygen atoms in total. The predicted octanol–water partition coefficient (Wildman–Crippen LogP) is 4.43. The minimum Gasteiger partial charge on any atom is -0.406 e. The molecule has 0 saturated carbocycles. The van der Waals surface area contributed by atoms with Crippen LogP contribution in [0.2, 0.25) is 5.02 Å². The molecular formula is C19H19ClF3N3O3. The van der Waals surface area contributed by atoms with Crippen LogP contribution in [0.1, 0.15) is 23.7 Å². The van der Waals surface area contributed by atoms with Crippen molar-refractivity contribution in [3.8, 4) is 5.75 Å². The molecule has 2 amide bonds. The molecule has 0 spiro atoms. The molecule has 0 heterocycles. The summed E-state index contributed by atoms with van der Waals surface area (Å²) in [7, 11) is 0. The standard InChI is InChI=1S/C19H19ClF3N3O3/c1-2-9-24-18(28)15-8-3-12(20)10-16(15)25-11-17(27)26-13-4-6-14(7-5-13)29-19(21,22)23/h3-8,10,25H,2,9,11H2,1H3,(H,24,28)(H,26,27). The van der Waals surface area contributed by atoms with Crippen LogP contribution in [0.4, 0.5) is 24.5 Å². The monoisotopic (exact) mass is 429 g/mol. The van der Waals surface area contributed by atoms with Gasteiger partial charge in [0.1, 0.15) is 5.75 Å². The molecule has 0 saturated heterocycles. The molecule has 2 rings (SSSR count). The van der Waals surface area contributed by atoms with Crippen molar-refractivity contribution in [2.75, 3.05) is 23.7 Å². The summed E-state index contributed by atoms with van der Waals surface area (Å²) in [4.78, 5) is 24.3. The molecule has 0 aromatic heterocycles. The Morgan fingerprint density at radius 3 is 2.41 bits per heavy atom. The number of carbonyl (C=O) groups is 2. The molecule has 0 unspecified atom stereocenters. The average Bonchev–Trinajstić information content (AvgIpc) is 2.65. The lowest BCUT2D eigenvalue weighted by atomic mass is 10.1. The largest absolute Gasteiger partial charge is 0.573 e. The number of halogens is 4. The van der Waals surface area contributed by atoms with E-state index in [1.54, 1.807) is 12.1 Å². The lowest BCUT2D eigenvalue weighted by Crippen LogP contribution is -2.27. The van der Waals surface area contributed by atoms with Crippen LogP contribution in [0.25, 0.3) is 0 Å². The zero-order chi connectivity index (χ0) is 21.4. The lowest BCUT2D eigenvalue weighted by molar-refractivity contribution is -0.274. The van der Waals surface area contributed by atoms with Gasteiger partial charge in [0.15, 0.2) is 0 Å². The highest BCUT2D eigenvalue weighted by atomic mass is 35.5. The van der Waals surface area contributed by atoms with Crippen LogP contribution in [0.3, 0.4) is 0 Å². The number of anilines is 2. The van der Waals surface area contributed by atoms with Crippen LogP contribution in [0.5, 0.6) is 5.75 Å². The third-order valence-electron chi connectivity index (χ3n) is 3.57. The topological polar surface area (TPSA) is 79.5 Å². The maximum atomic E-state index is 12.2. The summed E-state index contributed by atoms with van der Waals surface area (Å²) in [5.41, 5.74) is 1.01. The SMILES string of the molecule is CCCNC(=O)c1ccc(Cl)cc1NCC(=O)Nc1ccc(OC(F)(F)F)cc1.